The van der Waals surface area contributed by atoms with Crippen molar-refractivity contribution >= 4 is 35.0 Å². The Morgan fingerprint density at radius 1 is 1.22 bits per heavy atom. The van der Waals surface area contributed by atoms with E-state index in [0.717, 1.165) is 57.5 Å². The number of carbonyl (C=O) groups is 1. The molecule has 1 amide bonds. The van der Waals surface area contributed by atoms with Crippen LogP contribution in [0.25, 0.3) is 0 Å². The largest absolute Gasteiger partial charge is 0.446 e. The summed E-state index contributed by atoms with van der Waals surface area (Å²) >= 11 is 12.6. The standard InChI is InChI=1S/C20H29Cl2N3O2/c1-14-13-25(18-4-2-3-17(21)19(18)22)12-11-24(14)10-9-15-5-7-16(8-6-15)27-20(23)26/h2-4,14-16H,5-13H2,1H3,(H2,23,26)/t14-,15-,16-/m1/s1. The number of ether oxygens (including phenoxy) is 1. The first kappa shape index (κ1) is 20.6. The van der Waals surface area contributed by atoms with Crippen LogP contribution < -0.4 is 10.6 Å². The molecule has 0 radical (unpaired) electrons. The fourth-order valence-electron chi connectivity index (χ4n) is 4.33. The maximum absolute atomic E-state index is 10.9. The summed E-state index contributed by atoms with van der Waals surface area (Å²) in [4.78, 5) is 15.8. The number of benzene rings is 1. The van der Waals surface area contributed by atoms with E-state index in [0.29, 0.717) is 22.0 Å². The van der Waals surface area contributed by atoms with E-state index in [9.17, 15) is 4.79 Å². The fraction of sp³-hybridized carbons (Fsp3) is 0.650. The summed E-state index contributed by atoms with van der Waals surface area (Å²) in [6.07, 6.45) is 4.67. The Morgan fingerprint density at radius 3 is 2.63 bits per heavy atom. The molecule has 2 aliphatic rings. The van der Waals surface area contributed by atoms with Gasteiger partial charge in [-0.1, -0.05) is 29.3 Å². The average Bonchev–Trinajstić information content (AvgIpc) is 2.64. The highest BCUT2D eigenvalue weighted by atomic mass is 35.5. The van der Waals surface area contributed by atoms with Crippen LogP contribution in [0.1, 0.15) is 39.0 Å². The summed E-state index contributed by atoms with van der Waals surface area (Å²) in [6.45, 7) is 6.35. The number of halogens is 2. The van der Waals surface area contributed by atoms with Gasteiger partial charge in [0.15, 0.2) is 0 Å². The minimum atomic E-state index is -0.648. The summed E-state index contributed by atoms with van der Waals surface area (Å²) in [5.74, 6) is 0.713. The topological polar surface area (TPSA) is 58.8 Å². The number of anilines is 1. The van der Waals surface area contributed by atoms with E-state index in [4.69, 9.17) is 33.7 Å². The molecule has 0 unspecified atom stereocenters. The summed E-state index contributed by atoms with van der Waals surface area (Å²) in [7, 11) is 0. The number of primary amides is 1. The molecule has 5 nitrogen and oxygen atoms in total. The highest BCUT2D eigenvalue weighted by Crippen LogP contribution is 2.34. The van der Waals surface area contributed by atoms with E-state index >= 15 is 0 Å². The molecule has 1 aromatic carbocycles. The van der Waals surface area contributed by atoms with Crippen molar-refractivity contribution in [3.8, 4) is 0 Å². The average molecular weight is 414 g/mol. The molecule has 0 spiro atoms. The Bertz CT molecular complexity index is 650. The molecule has 3 rings (SSSR count). The lowest BCUT2D eigenvalue weighted by Crippen LogP contribution is -2.52. The maximum atomic E-state index is 10.9. The van der Waals surface area contributed by atoms with Gasteiger partial charge in [-0.05, 0) is 63.6 Å². The molecule has 1 aliphatic carbocycles. The van der Waals surface area contributed by atoms with Crippen molar-refractivity contribution in [3.05, 3.63) is 28.2 Å². The van der Waals surface area contributed by atoms with Crippen LogP contribution in [0.5, 0.6) is 0 Å². The van der Waals surface area contributed by atoms with Crippen LogP contribution in [0.4, 0.5) is 10.5 Å². The second-order valence-electron chi connectivity index (χ2n) is 7.77. The molecule has 1 aromatic rings. The van der Waals surface area contributed by atoms with Crippen molar-refractivity contribution < 1.29 is 9.53 Å². The SMILES string of the molecule is C[C@@H]1CN(c2cccc(Cl)c2Cl)CCN1CC[C@H]1CC[C@H](OC(N)=O)CC1. The van der Waals surface area contributed by atoms with Crippen LogP contribution in [0.2, 0.25) is 10.0 Å². The lowest BCUT2D eigenvalue weighted by atomic mass is 9.85. The predicted octanol–water partition coefficient (Wildman–Crippen LogP) is 4.55. The van der Waals surface area contributed by atoms with Crippen molar-refractivity contribution in [3.63, 3.8) is 0 Å². The number of nitrogens with zero attached hydrogens (tertiary/aromatic N) is 2. The van der Waals surface area contributed by atoms with Crippen molar-refractivity contribution in [1.82, 2.24) is 4.90 Å². The molecule has 1 atom stereocenters. The molecule has 0 aromatic heterocycles. The second kappa shape index (κ2) is 9.35. The van der Waals surface area contributed by atoms with Gasteiger partial charge in [-0.3, -0.25) is 4.90 Å². The molecular weight excluding hydrogens is 385 g/mol. The molecule has 1 heterocycles. The van der Waals surface area contributed by atoms with Crippen LogP contribution in [0.3, 0.4) is 0 Å². The zero-order valence-corrected chi connectivity index (χ0v) is 17.4. The first-order chi connectivity index (χ1) is 12.9. The smallest absolute Gasteiger partial charge is 0.404 e. The van der Waals surface area contributed by atoms with Crippen molar-refractivity contribution in [2.45, 2.75) is 51.2 Å². The summed E-state index contributed by atoms with van der Waals surface area (Å²) in [5.41, 5.74) is 6.14. The van der Waals surface area contributed by atoms with Crippen LogP contribution in [-0.4, -0.2) is 49.3 Å². The molecular formula is C20H29Cl2N3O2. The molecule has 2 fully saturated rings. The highest BCUT2D eigenvalue weighted by Gasteiger charge is 2.27. The van der Waals surface area contributed by atoms with E-state index in [-0.39, 0.29) is 6.10 Å². The van der Waals surface area contributed by atoms with Crippen LogP contribution >= 0.6 is 23.2 Å². The van der Waals surface area contributed by atoms with E-state index in [1.807, 2.05) is 18.2 Å². The van der Waals surface area contributed by atoms with Crippen molar-refractivity contribution in [2.75, 3.05) is 31.1 Å². The first-order valence-corrected chi connectivity index (χ1v) is 10.6. The third-order valence-corrected chi connectivity index (χ3v) is 6.75. The molecule has 1 aliphatic heterocycles. The number of hydrogen-bond acceptors (Lipinski definition) is 4. The van der Waals surface area contributed by atoms with Crippen molar-refractivity contribution in [1.29, 1.82) is 0 Å². The lowest BCUT2D eigenvalue weighted by molar-refractivity contribution is 0.0665. The molecule has 150 valence electrons. The summed E-state index contributed by atoms with van der Waals surface area (Å²) in [6, 6.07) is 6.31. The lowest BCUT2D eigenvalue weighted by Gasteiger charge is -2.42. The third kappa shape index (κ3) is 5.43. The Labute approximate surface area is 171 Å². The Hall–Kier alpha value is -1.17. The highest BCUT2D eigenvalue weighted by molar-refractivity contribution is 6.43. The van der Waals surface area contributed by atoms with E-state index in [1.165, 1.54) is 6.42 Å². The summed E-state index contributed by atoms with van der Waals surface area (Å²) < 4.78 is 5.13. The molecule has 1 saturated carbocycles. The zero-order valence-electron chi connectivity index (χ0n) is 15.9. The van der Waals surface area contributed by atoms with Gasteiger partial charge in [-0.2, -0.15) is 0 Å². The Balaban J connectivity index is 1.44. The second-order valence-corrected chi connectivity index (χ2v) is 8.56. The number of nitrogens with two attached hydrogens (primary N) is 1. The Morgan fingerprint density at radius 2 is 1.96 bits per heavy atom. The molecule has 27 heavy (non-hydrogen) atoms. The predicted molar refractivity (Wildman–Crippen MR) is 111 cm³/mol. The third-order valence-electron chi connectivity index (χ3n) is 5.94. The van der Waals surface area contributed by atoms with Gasteiger partial charge in [0.1, 0.15) is 6.10 Å². The monoisotopic (exact) mass is 413 g/mol. The minimum Gasteiger partial charge on any atom is -0.446 e. The van der Waals surface area contributed by atoms with Gasteiger partial charge >= 0.3 is 6.09 Å². The number of piperazine rings is 1. The van der Waals surface area contributed by atoms with Gasteiger partial charge in [0.25, 0.3) is 0 Å². The van der Waals surface area contributed by atoms with Crippen molar-refractivity contribution in [2.24, 2.45) is 11.7 Å². The van der Waals surface area contributed by atoms with Gasteiger partial charge < -0.3 is 15.4 Å². The molecule has 0 bridgehead atoms. The molecule has 1 saturated heterocycles. The minimum absolute atomic E-state index is 0.0173. The maximum Gasteiger partial charge on any atom is 0.404 e. The molecule has 7 heteroatoms. The van der Waals surface area contributed by atoms with Gasteiger partial charge in [-0.15, -0.1) is 0 Å². The van der Waals surface area contributed by atoms with Gasteiger partial charge in [0.05, 0.1) is 15.7 Å². The number of rotatable bonds is 5. The van der Waals surface area contributed by atoms with Crippen LogP contribution in [-0.2, 0) is 4.74 Å². The normalized spacial score (nSPS) is 26.8. The number of amides is 1. The van der Waals surface area contributed by atoms with Gasteiger partial charge in [-0.25, -0.2) is 4.79 Å². The van der Waals surface area contributed by atoms with E-state index in [1.54, 1.807) is 0 Å². The summed E-state index contributed by atoms with van der Waals surface area (Å²) in [5, 5.41) is 1.26. The number of carbonyl (C=O) groups excluding carboxylic acids is 1. The fourth-order valence-corrected chi connectivity index (χ4v) is 4.75. The zero-order chi connectivity index (χ0) is 19.4. The van der Waals surface area contributed by atoms with Gasteiger partial charge in [0, 0.05) is 25.7 Å². The number of hydrogen-bond donors (Lipinski definition) is 1. The molecule has 2 N–H and O–H groups in total. The van der Waals surface area contributed by atoms with Crippen LogP contribution in [0, 0.1) is 5.92 Å². The quantitative estimate of drug-likeness (QED) is 0.768. The van der Waals surface area contributed by atoms with E-state index < -0.39 is 6.09 Å². The first-order valence-electron chi connectivity index (χ1n) is 9.83. The van der Waals surface area contributed by atoms with E-state index in [2.05, 4.69) is 16.7 Å². The Kier molecular flexibility index (Phi) is 7.12. The van der Waals surface area contributed by atoms with Gasteiger partial charge in [0.2, 0.25) is 0 Å². The van der Waals surface area contributed by atoms with Crippen LogP contribution in [0.15, 0.2) is 18.2 Å².